The molecule has 0 amide bonds. The van der Waals surface area contributed by atoms with Crippen LogP contribution in [0.5, 0.6) is 0 Å². The van der Waals surface area contributed by atoms with Gasteiger partial charge in [0.15, 0.2) is 23.0 Å². The van der Waals surface area contributed by atoms with E-state index in [2.05, 4.69) is 3.07 Å². The maximum atomic E-state index is 11.2. The van der Waals surface area contributed by atoms with Crippen molar-refractivity contribution in [3.63, 3.8) is 0 Å². The highest BCUT2D eigenvalue weighted by Gasteiger charge is 2.33. The van der Waals surface area contributed by atoms with Crippen molar-refractivity contribution >= 4 is 34.9 Å². The third-order valence-corrected chi connectivity index (χ3v) is 2.80. The second-order valence-electron chi connectivity index (χ2n) is 3.55. The molecule has 0 saturated carbocycles. The van der Waals surface area contributed by atoms with Crippen molar-refractivity contribution in [3.05, 3.63) is 24.3 Å². The zero-order valence-corrected chi connectivity index (χ0v) is 10.1. The number of carbonyl (C=O) groups is 2. The molecule has 1 aliphatic rings. The molecule has 0 spiro atoms. The topological polar surface area (TPSA) is 63.6 Å². The molecule has 5 heteroatoms. The lowest BCUT2D eigenvalue weighted by atomic mass is 9.76. The molecule has 0 saturated heterocycles. The van der Waals surface area contributed by atoms with Crippen LogP contribution in [0.25, 0.3) is 0 Å². The standard InChI is InChI=1S/C10H11IO4/c11-15-9(14)7-10(6-8(12)13)4-2-1-3-5-10/h1-4H,5-7H2,(H,12,13). The van der Waals surface area contributed by atoms with Crippen LogP contribution < -0.4 is 0 Å². The molecule has 1 rings (SSSR count). The van der Waals surface area contributed by atoms with Gasteiger partial charge < -0.3 is 8.17 Å². The minimum atomic E-state index is -0.906. The van der Waals surface area contributed by atoms with Crippen molar-refractivity contribution in [1.29, 1.82) is 0 Å². The Labute approximate surface area is 102 Å². The summed E-state index contributed by atoms with van der Waals surface area (Å²) in [5.74, 6) is -1.30. The van der Waals surface area contributed by atoms with Crippen molar-refractivity contribution in [2.75, 3.05) is 0 Å². The third kappa shape index (κ3) is 3.65. The molecule has 82 valence electrons. The van der Waals surface area contributed by atoms with Crippen LogP contribution in [-0.4, -0.2) is 17.0 Å². The number of hydrogen-bond donors (Lipinski definition) is 1. The summed E-state index contributed by atoms with van der Waals surface area (Å²) >= 11 is 1.51. The van der Waals surface area contributed by atoms with E-state index >= 15 is 0 Å². The molecule has 1 atom stereocenters. The second-order valence-corrected chi connectivity index (χ2v) is 3.99. The molecule has 0 bridgehead atoms. The first kappa shape index (κ1) is 12.2. The Bertz CT molecular complexity index is 321. The van der Waals surface area contributed by atoms with E-state index < -0.39 is 17.4 Å². The molecule has 0 aromatic rings. The number of carboxylic acid groups (broad SMARTS) is 1. The van der Waals surface area contributed by atoms with Crippen molar-refractivity contribution in [2.45, 2.75) is 19.3 Å². The Kier molecular flexibility index (Phi) is 4.31. The molecular formula is C10H11IO4. The molecule has 1 aliphatic carbocycles. The molecule has 15 heavy (non-hydrogen) atoms. The molecule has 0 aromatic carbocycles. The number of hydrogen-bond acceptors (Lipinski definition) is 3. The molecule has 4 nitrogen and oxygen atoms in total. The molecule has 0 aromatic heterocycles. The summed E-state index contributed by atoms with van der Waals surface area (Å²) in [4.78, 5) is 21.9. The summed E-state index contributed by atoms with van der Waals surface area (Å²) in [5, 5.41) is 8.80. The number of carboxylic acids is 1. The lowest BCUT2D eigenvalue weighted by Crippen LogP contribution is -2.26. The van der Waals surface area contributed by atoms with Gasteiger partial charge in [-0.3, -0.25) is 9.59 Å². The van der Waals surface area contributed by atoms with Gasteiger partial charge in [-0.1, -0.05) is 24.3 Å². The molecule has 1 N–H and O–H groups in total. The van der Waals surface area contributed by atoms with Crippen LogP contribution in [0.1, 0.15) is 19.3 Å². The van der Waals surface area contributed by atoms with E-state index in [1.807, 2.05) is 12.2 Å². The van der Waals surface area contributed by atoms with Gasteiger partial charge in [-0.25, -0.2) is 0 Å². The van der Waals surface area contributed by atoms with Crippen molar-refractivity contribution in [2.24, 2.45) is 5.41 Å². The normalized spacial score (nSPS) is 23.8. The van der Waals surface area contributed by atoms with Gasteiger partial charge >= 0.3 is 11.9 Å². The molecule has 0 fully saturated rings. The van der Waals surface area contributed by atoms with Gasteiger partial charge in [0.1, 0.15) is 0 Å². The molecule has 0 radical (unpaired) electrons. The Morgan fingerprint density at radius 3 is 2.60 bits per heavy atom. The van der Waals surface area contributed by atoms with Gasteiger partial charge in [0.2, 0.25) is 0 Å². The monoisotopic (exact) mass is 322 g/mol. The average Bonchev–Trinajstić information content (AvgIpc) is 2.17. The predicted octanol–water partition coefficient (Wildman–Crippen LogP) is 2.25. The van der Waals surface area contributed by atoms with Gasteiger partial charge in [-0.15, -0.1) is 0 Å². The van der Waals surface area contributed by atoms with Crippen LogP contribution in [0.3, 0.4) is 0 Å². The summed E-state index contributed by atoms with van der Waals surface area (Å²) < 4.78 is 4.54. The largest absolute Gasteiger partial charge is 0.481 e. The average molecular weight is 322 g/mol. The molecular weight excluding hydrogens is 311 g/mol. The highest BCUT2D eigenvalue weighted by atomic mass is 127. The van der Waals surface area contributed by atoms with Crippen LogP contribution in [0, 0.1) is 5.41 Å². The van der Waals surface area contributed by atoms with E-state index in [9.17, 15) is 9.59 Å². The van der Waals surface area contributed by atoms with Crippen molar-refractivity contribution in [1.82, 2.24) is 0 Å². The highest BCUT2D eigenvalue weighted by Crippen LogP contribution is 2.36. The fourth-order valence-corrected chi connectivity index (χ4v) is 1.81. The van der Waals surface area contributed by atoms with Crippen molar-refractivity contribution < 1.29 is 17.8 Å². The van der Waals surface area contributed by atoms with E-state index in [0.717, 1.165) is 0 Å². The van der Waals surface area contributed by atoms with Gasteiger partial charge in [0.25, 0.3) is 0 Å². The Hall–Kier alpha value is -0.850. The van der Waals surface area contributed by atoms with Gasteiger partial charge in [0.05, 0.1) is 12.8 Å². The fraction of sp³-hybridized carbons (Fsp3) is 0.400. The predicted molar refractivity (Wildman–Crippen MR) is 62.3 cm³/mol. The summed E-state index contributed by atoms with van der Waals surface area (Å²) in [6, 6.07) is 0. The van der Waals surface area contributed by atoms with Crippen LogP contribution in [0.15, 0.2) is 24.3 Å². The first-order valence-corrected chi connectivity index (χ1v) is 5.34. The van der Waals surface area contributed by atoms with Crippen LogP contribution in [-0.2, 0) is 12.7 Å². The highest BCUT2D eigenvalue weighted by molar-refractivity contribution is 14.1. The lowest BCUT2D eigenvalue weighted by Gasteiger charge is -2.27. The Morgan fingerprint density at radius 2 is 2.13 bits per heavy atom. The summed E-state index contributed by atoms with van der Waals surface area (Å²) in [5.41, 5.74) is -0.622. The second kappa shape index (κ2) is 5.29. The number of allylic oxidation sites excluding steroid dienone is 4. The van der Waals surface area contributed by atoms with E-state index in [4.69, 9.17) is 5.11 Å². The third-order valence-electron chi connectivity index (χ3n) is 2.31. The van der Waals surface area contributed by atoms with Crippen LogP contribution >= 0.6 is 23.0 Å². The maximum Gasteiger partial charge on any atom is 0.316 e. The fourth-order valence-electron chi connectivity index (χ4n) is 1.65. The number of halogens is 1. The number of aliphatic carboxylic acids is 1. The summed E-state index contributed by atoms with van der Waals surface area (Å²) in [6.45, 7) is 0. The first-order chi connectivity index (χ1) is 7.08. The number of rotatable bonds is 4. The smallest absolute Gasteiger partial charge is 0.316 e. The lowest BCUT2D eigenvalue weighted by molar-refractivity contribution is -0.140. The zero-order chi connectivity index (χ0) is 11.3. The minimum absolute atomic E-state index is 0.0560. The SMILES string of the molecule is O=C(O)CC1(CC(=O)OI)C=CC=CC1. The minimum Gasteiger partial charge on any atom is -0.481 e. The number of carbonyl (C=O) groups excluding carboxylic acids is 1. The molecule has 1 unspecified atom stereocenters. The zero-order valence-electron chi connectivity index (χ0n) is 7.98. The Balaban J connectivity index is 2.77. The van der Waals surface area contributed by atoms with E-state index in [0.29, 0.717) is 6.42 Å². The van der Waals surface area contributed by atoms with Crippen molar-refractivity contribution in [3.8, 4) is 0 Å². The first-order valence-electron chi connectivity index (χ1n) is 4.45. The molecule has 0 aliphatic heterocycles. The maximum absolute atomic E-state index is 11.2. The quantitative estimate of drug-likeness (QED) is 0.807. The van der Waals surface area contributed by atoms with Gasteiger partial charge in [-0.2, -0.15) is 0 Å². The summed E-state index contributed by atoms with van der Waals surface area (Å²) in [7, 11) is 0. The van der Waals surface area contributed by atoms with E-state index in [1.165, 1.54) is 23.0 Å². The van der Waals surface area contributed by atoms with E-state index in [-0.39, 0.29) is 12.8 Å². The summed E-state index contributed by atoms with van der Waals surface area (Å²) in [6.07, 6.45) is 7.85. The Morgan fingerprint density at radius 1 is 1.40 bits per heavy atom. The van der Waals surface area contributed by atoms with Crippen LogP contribution in [0.2, 0.25) is 0 Å². The molecule has 0 heterocycles. The van der Waals surface area contributed by atoms with Crippen LogP contribution in [0.4, 0.5) is 0 Å². The van der Waals surface area contributed by atoms with Gasteiger partial charge in [-0.05, 0) is 6.42 Å². The van der Waals surface area contributed by atoms with Gasteiger partial charge in [0, 0.05) is 5.41 Å². The van der Waals surface area contributed by atoms with E-state index in [1.54, 1.807) is 12.2 Å².